The lowest BCUT2D eigenvalue weighted by molar-refractivity contribution is -0.419. The SMILES string of the molecule is OC1(COc2cc3ncnc(Nc4ccc(Br)cc4F)c3cc2OC(O)(O)O)CCN(C(O)(O)O)CC1. The first-order valence-corrected chi connectivity index (χ1v) is 11.7. The minimum absolute atomic E-state index is 0.000862. The van der Waals surface area contributed by atoms with Gasteiger partial charge in [-0.1, -0.05) is 15.9 Å². The molecule has 1 saturated heterocycles. The zero-order valence-corrected chi connectivity index (χ0v) is 20.6. The van der Waals surface area contributed by atoms with Gasteiger partial charge in [0.25, 0.3) is 0 Å². The smallest absolute Gasteiger partial charge is 0.453 e. The van der Waals surface area contributed by atoms with Crippen LogP contribution in [0.2, 0.25) is 0 Å². The van der Waals surface area contributed by atoms with Crippen LogP contribution in [0.15, 0.2) is 41.1 Å². The zero-order valence-electron chi connectivity index (χ0n) is 19.0. The van der Waals surface area contributed by atoms with Crippen LogP contribution in [0.1, 0.15) is 12.8 Å². The molecule has 8 N–H and O–H groups in total. The number of nitrogens with zero attached hydrogens (tertiary/aromatic N) is 3. The average Bonchev–Trinajstić information content (AvgIpc) is 2.78. The van der Waals surface area contributed by atoms with Gasteiger partial charge in [-0.25, -0.2) is 19.3 Å². The Labute approximate surface area is 217 Å². The number of piperidine rings is 1. The lowest BCUT2D eigenvalue weighted by atomic mass is 9.92. The van der Waals surface area contributed by atoms with Crippen LogP contribution in [0.4, 0.5) is 15.9 Å². The van der Waals surface area contributed by atoms with Gasteiger partial charge in [0.15, 0.2) is 11.5 Å². The Morgan fingerprint density at radius 2 is 1.73 bits per heavy atom. The van der Waals surface area contributed by atoms with E-state index in [-0.39, 0.29) is 66.4 Å². The van der Waals surface area contributed by atoms with Crippen molar-refractivity contribution in [1.82, 2.24) is 14.9 Å². The van der Waals surface area contributed by atoms with Gasteiger partial charge in [-0.3, -0.25) is 0 Å². The van der Waals surface area contributed by atoms with Crippen molar-refractivity contribution in [1.29, 1.82) is 0 Å². The molecule has 4 rings (SSSR count). The normalized spacial score (nSPS) is 16.6. The molecule has 37 heavy (non-hydrogen) atoms. The molecule has 0 unspecified atom stereocenters. The van der Waals surface area contributed by atoms with Gasteiger partial charge in [0, 0.05) is 29.0 Å². The fourth-order valence-corrected chi connectivity index (χ4v) is 4.13. The third kappa shape index (κ3) is 6.78. The summed E-state index contributed by atoms with van der Waals surface area (Å²) in [6.45, 7) is -0.466. The number of fused-ring (bicyclic) bond motifs is 1. The van der Waals surface area contributed by atoms with Gasteiger partial charge in [0.2, 0.25) is 0 Å². The van der Waals surface area contributed by atoms with E-state index in [0.717, 1.165) is 4.90 Å². The fourth-order valence-electron chi connectivity index (χ4n) is 3.80. The number of benzene rings is 2. The van der Waals surface area contributed by atoms with Crippen molar-refractivity contribution in [3.8, 4) is 11.5 Å². The van der Waals surface area contributed by atoms with Crippen LogP contribution in [0.5, 0.6) is 11.5 Å². The molecule has 1 aliphatic rings. The molecule has 2 heterocycles. The largest absolute Gasteiger partial charge is 0.487 e. The molecular formula is C22H24BrFN4O9. The fraction of sp³-hybridized carbons (Fsp3) is 0.364. The summed E-state index contributed by atoms with van der Waals surface area (Å²) in [5.74, 6) is -0.938. The van der Waals surface area contributed by atoms with Crippen LogP contribution < -0.4 is 14.8 Å². The highest BCUT2D eigenvalue weighted by Gasteiger charge is 2.40. The standard InChI is InChI=1S/C22H24BrFN4O9/c23-12-1-2-15(14(24)7-12)27-19-13-8-18(37-22(33,34)35)17(9-16(13)25-11-26-19)36-10-20(29)3-5-28(6-4-20)21(30,31)32/h1-2,7-9,11,29-35H,3-6,10H2,(H,25,26,27). The molecule has 0 spiro atoms. The summed E-state index contributed by atoms with van der Waals surface area (Å²) < 4.78 is 25.4. The van der Waals surface area contributed by atoms with Crippen molar-refractivity contribution in [3.63, 3.8) is 0 Å². The van der Waals surface area contributed by atoms with Crippen LogP contribution in [0, 0.1) is 5.82 Å². The maximum atomic E-state index is 14.4. The van der Waals surface area contributed by atoms with Crippen molar-refractivity contribution >= 4 is 38.3 Å². The van der Waals surface area contributed by atoms with Gasteiger partial charge in [-0.05, 0) is 37.1 Å². The number of hydrogen-bond acceptors (Lipinski definition) is 13. The summed E-state index contributed by atoms with van der Waals surface area (Å²) in [7, 11) is 0. The highest BCUT2D eigenvalue weighted by atomic mass is 79.9. The topological polar surface area (TPSA) is 201 Å². The van der Waals surface area contributed by atoms with Crippen molar-refractivity contribution < 1.29 is 49.6 Å². The number of halogens is 2. The second kappa shape index (κ2) is 10.2. The van der Waals surface area contributed by atoms with E-state index in [1.165, 1.54) is 30.6 Å². The molecule has 0 radical (unpaired) electrons. The van der Waals surface area contributed by atoms with E-state index in [4.69, 9.17) is 9.47 Å². The summed E-state index contributed by atoms with van der Waals surface area (Å²) in [6, 6.07) is 6.90. The quantitative estimate of drug-likeness (QED) is 0.164. The molecule has 15 heteroatoms. The molecule has 13 nitrogen and oxygen atoms in total. The van der Waals surface area contributed by atoms with E-state index in [0.29, 0.717) is 4.47 Å². The first-order chi connectivity index (χ1) is 17.2. The van der Waals surface area contributed by atoms with Crippen LogP contribution in [-0.2, 0) is 0 Å². The lowest BCUT2D eigenvalue weighted by Gasteiger charge is -2.40. The van der Waals surface area contributed by atoms with E-state index in [1.54, 1.807) is 6.07 Å². The van der Waals surface area contributed by atoms with E-state index in [9.17, 15) is 40.1 Å². The maximum Gasteiger partial charge on any atom is 0.453 e. The van der Waals surface area contributed by atoms with Crippen LogP contribution >= 0.6 is 15.9 Å². The van der Waals surface area contributed by atoms with E-state index in [1.807, 2.05) is 0 Å². The highest BCUT2D eigenvalue weighted by molar-refractivity contribution is 9.10. The van der Waals surface area contributed by atoms with Crippen molar-refractivity contribution in [2.75, 3.05) is 25.0 Å². The molecule has 2 aromatic carbocycles. The Bertz CT molecular complexity index is 1280. The first kappa shape index (κ1) is 27.3. The number of ether oxygens (including phenoxy) is 2. The Balaban J connectivity index is 1.62. The van der Waals surface area contributed by atoms with Gasteiger partial charge >= 0.3 is 12.3 Å². The highest BCUT2D eigenvalue weighted by Crippen LogP contribution is 2.37. The Hall–Kier alpha value is -2.73. The third-order valence-corrected chi connectivity index (χ3v) is 6.24. The second-order valence-electron chi connectivity index (χ2n) is 8.56. The van der Waals surface area contributed by atoms with Gasteiger partial charge < -0.3 is 50.5 Å². The number of aromatic nitrogens is 2. The predicted molar refractivity (Wildman–Crippen MR) is 128 cm³/mol. The Kier molecular flexibility index (Phi) is 7.53. The van der Waals surface area contributed by atoms with Gasteiger partial charge in [-0.15, -0.1) is 0 Å². The monoisotopic (exact) mass is 586 g/mol. The number of anilines is 2. The summed E-state index contributed by atoms with van der Waals surface area (Å²) >= 11 is 3.18. The summed E-state index contributed by atoms with van der Waals surface area (Å²) in [5, 5.41) is 70.1. The molecule has 1 aromatic heterocycles. The van der Waals surface area contributed by atoms with Crippen LogP contribution in [0.25, 0.3) is 10.9 Å². The molecular weight excluding hydrogens is 563 g/mol. The molecule has 200 valence electrons. The Morgan fingerprint density at radius 3 is 2.35 bits per heavy atom. The van der Waals surface area contributed by atoms with Gasteiger partial charge in [0.05, 0.1) is 11.2 Å². The van der Waals surface area contributed by atoms with Gasteiger partial charge in [0.1, 0.15) is 30.2 Å². The lowest BCUT2D eigenvalue weighted by Crippen LogP contribution is -2.56. The van der Waals surface area contributed by atoms with Crippen molar-refractivity contribution in [2.24, 2.45) is 0 Å². The van der Waals surface area contributed by atoms with Crippen molar-refractivity contribution in [2.45, 2.75) is 30.7 Å². The minimum atomic E-state index is -3.58. The molecule has 0 aliphatic carbocycles. The molecule has 0 saturated carbocycles. The summed E-state index contributed by atoms with van der Waals surface area (Å²) in [5.41, 5.74) is -1.08. The summed E-state index contributed by atoms with van der Waals surface area (Å²) in [4.78, 5) is 9.19. The molecule has 1 fully saturated rings. The molecule has 3 aromatic rings. The first-order valence-electron chi connectivity index (χ1n) is 10.9. The maximum absolute atomic E-state index is 14.4. The zero-order chi connectivity index (χ0) is 27.0. The average molecular weight is 587 g/mol. The third-order valence-electron chi connectivity index (χ3n) is 5.75. The Morgan fingerprint density at radius 1 is 1.03 bits per heavy atom. The summed E-state index contributed by atoms with van der Waals surface area (Å²) in [6.07, 6.45) is -5.40. The number of nitrogens with one attached hydrogen (secondary N) is 1. The number of aliphatic hydroxyl groups is 7. The number of hydrogen-bond donors (Lipinski definition) is 8. The predicted octanol–water partition coefficient (Wildman–Crippen LogP) is 0.0359. The molecule has 1 aliphatic heterocycles. The second-order valence-corrected chi connectivity index (χ2v) is 9.48. The van der Waals surface area contributed by atoms with E-state index >= 15 is 0 Å². The molecule has 0 amide bonds. The minimum Gasteiger partial charge on any atom is -0.487 e. The number of likely N-dealkylation sites (tertiary alicyclic amines) is 1. The van der Waals surface area contributed by atoms with Gasteiger partial charge in [-0.2, -0.15) is 0 Å². The van der Waals surface area contributed by atoms with E-state index in [2.05, 4.69) is 31.2 Å². The number of rotatable bonds is 8. The molecule has 0 bridgehead atoms. The van der Waals surface area contributed by atoms with Crippen LogP contribution in [0.3, 0.4) is 0 Å². The van der Waals surface area contributed by atoms with E-state index < -0.39 is 23.7 Å². The molecule has 0 atom stereocenters. The van der Waals surface area contributed by atoms with Crippen LogP contribution in [-0.4, -0.2) is 88.2 Å². The van der Waals surface area contributed by atoms with Crippen molar-refractivity contribution in [3.05, 3.63) is 46.9 Å².